The maximum absolute atomic E-state index is 12.3. The number of rotatable bonds is 10. The fourth-order valence-corrected chi connectivity index (χ4v) is 2.43. The first-order valence-corrected chi connectivity index (χ1v) is 8.88. The van der Waals surface area contributed by atoms with Crippen LogP contribution in [0.15, 0.2) is 66.2 Å². The number of nitrogens with one attached hydrogen (secondary N) is 2. The summed E-state index contributed by atoms with van der Waals surface area (Å²) in [5.74, 6) is 1.81. The van der Waals surface area contributed by atoms with E-state index in [0.717, 1.165) is 16.9 Å². The van der Waals surface area contributed by atoms with Crippen molar-refractivity contribution in [3.63, 3.8) is 0 Å². The highest BCUT2D eigenvalue weighted by molar-refractivity contribution is 14.0. The Bertz CT molecular complexity index is 788. The Balaban J connectivity index is 0.00000420. The molecule has 0 saturated carbocycles. The normalized spacial score (nSPS) is 10.8. The Morgan fingerprint density at radius 3 is 2.59 bits per heavy atom. The SMILES string of the molecule is C=CCOc1ccccc1CNC(=NC)NCc1cccc(OCC(F)F)c1.I. The van der Waals surface area contributed by atoms with Gasteiger partial charge in [-0.2, -0.15) is 0 Å². The molecule has 0 fully saturated rings. The first-order chi connectivity index (χ1) is 13.6. The summed E-state index contributed by atoms with van der Waals surface area (Å²) in [6.07, 6.45) is -0.799. The van der Waals surface area contributed by atoms with Gasteiger partial charge in [0.1, 0.15) is 24.7 Å². The zero-order valence-electron chi connectivity index (χ0n) is 16.2. The third-order valence-electron chi connectivity index (χ3n) is 3.73. The zero-order valence-corrected chi connectivity index (χ0v) is 18.6. The summed E-state index contributed by atoms with van der Waals surface area (Å²) in [5.41, 5.74) is 1.89. The van der Waals surface area contributed by atoms with Crippen LogP contribution in [0.4, 0.5) is 8.78 Å². The van der Waals surface area contributed by atoms with E-state index in [1.807, 2.05) is 30.3 Å². The van der Waals surface area contributed by atoms with Crippen molar-refractivity contribution in [2.45, 2.75) is 19.5 Å². The van der Waals surface area contributed by atoms with Gasteiger partial charge in [-0.25, -0.2) is 8.78 Å². The fraction of sp³-hybridized carbons (Fsp3) is 0.286. The predicted molar refractivity (Wildman–Crippen MR) is 123 cm³/mol. The van der Waals surface area contributed by atoms with Crippen LogP contribution >= 0.6 is 24.0 Å². The lowest BCUT2D eigenvalue weighted by atomic mass is 10.2. The van der Waals surface area contributed by atoms with E-state index in [4.69, 9.17) is 9.47 Å². The second kappa shape index (κ2) is 13.8. The molecule has 0 aliphatic rings. The molecule has 2 rings (SSSR count). The monoisotopic (exact) mass is 517 g/mol. The van der Waals surface area contributed by atoms with Gasteiger partial charge in [0.25, 0.3) is 6.43 Å². The molecule has 29 heavy (non-hydrogen) atoms. The van der Waals surface area contributed by atoms with Crippen molar-refractivity contribution in [1.29, 1.82) is 0 Å². The number of hydrogen-bond acceptors (Lipinski definition) is 3. The average Bonchev–Trinajstić information content (AvgIpc) is 2.72. The first-order valence-electron chi connectivity index (χ1n) is 8.88. The second-order valence-corrected chi connectivity index (χ2v) is 5.84. The molecule has 2 aromatic rings. The second-order valence-electron chi connectivity index (χ2n) is 5.84. The Hall–Kier alpha value is -2.36. The van der Waals surface area contributed by atoms with Crippen LogP contribution in [-0.2, 0) is 13.1 Å². The van der Waals surface area contributed by atoms with Crippen LogP contribution in [0, 0.1) is 0 Å². The number of aliphatic imine (C=N–C) groups is 1. The minimum atomic E-state index is -2.50. The van der Waals surface area contributed by atoms with E-state index in [-0.39, 0.29) is 24.0 Å². The third-order valence-corrected chi connectivity index (χ3v) is 3.73. The lowest BCUT2D eigenvalue weighted by molar-refractivity contribution is 0.0818. The van der Waals surface area contributed by atoms with E-state index in [0.29, 0.717) is 31.4 Å². The van der Waals surface area contributed by atoms with Gasteiger partial charge in [-0.05, 0) is 23.8 Å². The summed E-state index contributed by atoms with van der Waals surface area (Å²) in [5, 5.41) is 6.42. The van der Waals surface area contributed by atoms with Gasteiger partial charge in [0.05, 0.1) is 0 Å². The lowest BCUT2D eigenvalue weighted by Crippen LogP contribution is -2.36. The minimum absolute atomic E-state index is 0. The molecule has 0 bridgehead atoms. The highest BCUT2D eigenvalue weighted by Gasteiger charge is 2.06. The Kier molecular flexibility index (Phi) is 11.7. The van der Waals surface area contributed by atoms with Crippen LogP contribution in [0.2, 0.25) is 0 Å². The van der Waals surface area contributed by atoms with Crippen LogP contribution in [0.3, 0.4) is 0 Å². The van der Waals surface area contributed by atoms with E-state index in [2.05, 4.69) is 22.2 Å². The van der Waals surface area contributed by atoms with Gasteiger partial charge >= 0.3 is 0 Å². The standard InChI is InChI=1S/C21H25F2N3O2.HI/c1-3-11-27-19-10-5-4-8-17(19)14-26-21(24-2)25-13-16-7-6-9-18(12-16)28-15-20(22)23;/h3-10,12,20H,1,11,13-15H2,2H3,(H2,24,25,26);1H. The van der Waals surface area contributed by atoms with Gasteiger partial charge in [0.2, 0.25) is 0 Å². The lowest BCUT2D eigenvalue weighted by Gasteiger charge is -2.15. The van der Waals surface area contributed by atoms with Crippen molar-refractivity contribution in [3.8, 4) is 11.5 Å². The summed E-state index contributed by atoms with van der Waals surface area (Å²) < 4.78 is 35.2. The van der Waals surface area contributed by atoms with Crippen molar-refractivity contribution >= 4 is 29.9 Å². The molecule has 0 atom stereocenters. The molecule has 0 saturated heterocycles. The molecule has 0 radical (unpaired) electrons. The molecule has 2 aromatic carbocycles. The molecule has 0 spiro atoms. The van der Waals surface area contributed by atoms with E-state index in [9.17, 15) is 8.78 Å². The number of benzene rings is 2. The Morgan fingerprint density at radius 2 is 1.86 bits per heavy atom. The molecule has 0 aromatic heterocycles. The van der Waals surface area contributed by atoms with Crippen LogP contribution in [0.1, 0.15) is 11.1 Å². The molecule has 0 heterocycles. The summed E-state index contributed by atoms with van der Waals surface area (Å²) in [6.45, 7) is 4.48. The molecule has 2 N–H and O–H groups in total. The largest absolute Gasteiger partial charge is 0.489 e. The van der Waals surface area contributed by atoms with Crippen LogP contribution in [0.25, 0.3) is 0 Å². The maximum Gasteiger partial charge on any atom is 0.272 e. The van der Waals surface area contributed by atoms with Crippen LogP contribution in [0.5, 0.6) is 11.5 Å². The molecule has 0 aliphatic carbocycles. The minimum Gasteiger partial charge on any atom is -0.489 e. The summed E-state index contributed by atoms with van der Waals surface area (Å²) in [4.78, 5) is 4.20. The molecule has 0 aliphatic heterocycles. The molecule has 0 unspecified atom stereocenters. The number of hydrogen-bond donors (Lipinski definition) is 2. The average molecular weight is 517 g/mol. The quantitative estimate of drug-likeness (QED) is 0.213. The van der Waals surface area contributed by atoms with Crippen molar-refractivity contribution in [2.75, 3.05) is 20.3 Å². The summed E-state index contributed by atoms with van der Waals surface area (Å²) in [7, 11) is 1.68. The van der Waals surface area contributed by atoms with Crippen LogP contribution < -0.4 is 20.1 Å². The van der Waals surface area contributed by atoms with Gasteiger partial charge < -0.3 is 20.1 Å². The van der Waals surface area contributed by atoms with Gasteiger partial charge in [-0.1, -0.05) is 43.0 Å². The maximum atomic E-state index is 12.3. The van der Waals surface area contributed by atoms with Gasteiger partial charge in [-0.15, -0.1) is 24.0 Å². The summed E-state index contributed by atoms with van der Waals surface area (Å²) >= 11 is 0. The third kappa shape index (κ3) is 9.12. The predicted octanol–water partition coefficient (Wildman–Crippen LogP) is 4.38. The van der Waals surface area contributed by atoms with Crippen LogP contribution in [-0.4, -0.2) is 32.6 Å². The van der Waals surface area contributed by atoms with Crippen molar-refractivity contribution in [3.05, 3.63) is 72.3 Å². The molecular formula is C21H26F2IN3O2. The zero-order chi connectivity index (χ0) is 20.2. The summed E-state index contributed by atoms with van der Waals surface area (Å²) in [6, 6.07) is 14.8. The van der Waals surface area contributed by atoms with Crippen molar-refractivity contribution < 1.29 is 18.3 Å². The van der Waals surface area contributed by atoms with Crippen molar-refractivity contribution in [1.82, 2.24) is 10.6 Å². The van der Waals surface area contributed by atoms with Gasteiger partial charge in [0, 0.05) is 25.7 Å². The number of halogens is 3. The fourth-order valence-electron chi connectivity index (χ4n) is 2.43. The molecule has 0 amide bonds. The number of nitrogens with zero attached hydrogens (tertiary/aromatic N) is 1. The van der Waals surface area contributed by atoms with Crippen molar-refractivity contribution in [2.24, 2.45) is 4.99 Å². The molecular weight excluding hydrogens is 491 g/mol. The van der Waals surface area contributed by atoms with E-state index in [1.165, 1.54) is 0 Å². The number of guanidine groups is 1. The highest BCUT2D eigenvalue weighted by atomic mass is 127. The number of alkyl halides is 2. The number of ether oxygens (including phenoxy) is 2. The van der Waals surface area contributed by atoms with E-state index in [1.54, 1.807) is 31.3 Å². The number of para-hydroxylation sites is 1. The van der Waals surface area contributed by atoms with E-state index < -0.39 is 13.0 Å². The molecule has 5 nitrogen and oxygen atoms in total. The molecule has 8 heteroatoms. The first kappa shape index (κ1) is 24.7. The van der Waals surface area contributed by atoms with Gasteiger partial charge in [0.15, 0.2) is 5.96 Å². The van der Waals surface area contributed by atoms with Gasteiger partial charge in [-0.3, -0.25) is 4.99 Å². The van der Waals surface area contributed by atoms with E-state index >= 15 is 0 Å². The Labute approximate surface area is 187 Å². The highest BCUT2D eigenvalue weighted by Crippen LogP contribution is 2.17. The topological polar surface area (TPSA) is 54.9 Å². The smallest absolute Gasteiger partial charge is 0.272 e. The Morgan fingerprint density at radius 1 is 1.10 bits per heavy atom. The molecule has 158 valence electrons.